The van der Waals surface area contributed by atoms with Gasteiger partial charge in [0.05, 0.1) is 5.69 Å². The molecule has 0 aromatic heterocycles. The predicted octanol–water partition coefficient (Wildman–Crippen LogP) is 1.82. The van der Waals surface area contributed by atoms with E-state index in [1.54, 1.807) is 11.8 Å². The number of hydrogen-bond donors (Lipinski definition) is 1. The van der Waals surface area contributed by atoms with E-state index in [-0.39, 0.29) is 18.3 Å². The number of ketones is 1. The van der Waals surface area contributed by atoms with Crippen molar-refractivity contribution < 1.29 is 14.3 Å². The highest BCUT2D eigenvalue weighted by molar-refractivity contribution is 5.98. The highest BCUT2D eigenvalue weighted by Gasteiger charge is 2.25. The molecule has 19 heavy (non-hydrogen) atoms. The van der Waals surface area contributed by atoms with E-state index >= 15 is 0 Å². The number of amides is 1. The fraction of sp³-hybridized carbons (Fsp3) is 0.429. The summed E-state index contributed by atoms with van der Waals surface area (Å²) < 4.78 is 5.41. The number of carbonyl (C=O) groups excluding carboxylic acids is 2. The molecule has 0 saturated carbocycles. The summed E-state index contributed by atoms with van der Waals surface area (Å²) in [6.45, 7) is 2.17. The molecule has 102 valence electrons. The maximum absolute atomic E-state index is 11.9. The fourth-order valence-electron chi connectivity index (χ4n) is 2.09. The first kappa shape index (κ1) is 13.4. The van der Waals surface area contributed by atoms with Crippen LogP contribution in [0.25, 0.3) is 0 Å². The summed E-state index contributed by atoms with van der Waals surface area (Å²) in [5.41, 5.74) is 1.69. The van der Waals surface area contributed by atoms with Crippen LogP contribution in [0.2, 0.25) is 0 Å². The molecule has 5 nitrogen and oxygen atoms in total. The van der Waals surface area contributed by atoms with Gasteiger partial charge in [0.1, 0.15) is 11.5 Å². The van der Waals surface area contributed by atoms with Crippen molar-refractivity contribution in [3.63, 3.8) is 0 Å². The van der Waals surface area contributed by atoms with Crippen molar-refractivity contribution in [3.05, 3.63) is 18.2 Å². The Morgan fingerprint density at radius 3 is 2.95 bits per heavy atom. The quantitative estimate of drug-likeness (QED) is 0.879. The van der Waals surface area contributed by atoms with Crippen LogP contribution < -0.4 is 15.0 Å². The Kier molecular flexibility index (Phi) is 4.04. The third-order valence-corrected chi connectivity index (χ3v) is 3.10. The molecule has 0 bridgehead atoms. The van der Waals surface area contributed by atoms with Gasteiger partial charge in [0, 0.05) is 25.7 Å². The van der Waals surface area contributed by atoms with Crippen LogP contribution in [0.1, 0.15) is 19.8 Å². The molecule has 1 aromatic carbocycles. The van der Waals surface area contributed by atoms with Crippen molar-refractivity contribution in [2.45, 2.75) is 19.8 Å². The Morgan fingerprint density at radius 2 is 2.26 bits per heavy atom. The molecule has 0 saturated heterocycles. The van der Waals surface area contributed by atoms with Gasteiger partial charge in [-0.15, -0.1) is 0 Å². The number of fused-ring (bicyclic) bond motifs is 1. The van der Waals surface area contributed by atoms with Gasteiger partial charge in [-0.1, -0.05) is 0 Å². The monoisotopic (exact) mass is 262 g/mol. The molecule has 1 aliphatic heterocycles. The lowest BCUT2D eigenvalue weighted by Gasteiger charge is -2.29. The van der Waals surface area contributed by atoms with Gasteiger partial charge in [0.25, 0.3) is 5.91 Å². The van der Waals surface area contributed by atoms with E-state index in [1.165, 1.54) is 0 Å². The van der Waals surface area contributed by atoms with Crippen LogP contribution in [-0.2, 0) is 9.59 Å². The van der Waals surface area contributed by atoms with E-state index in [2.05, 4.69) is 5.32 Å². The Bertz CT molecular complexity index is 499. The third-order valence-electron chi connectivity index (χ3n) is 3.10. The maximum atomic E-state index is 11.9. The topological polar surface area (TPSA) is 58.6 Å². The molecule has 0 fully saturated rings. The molecule has 1 aliphatic rings. The Balaban J connectivity index is 2.18. The number of carbonyl (C=O) groups is 2. The van der Waals surface area contributed by atoms with Crippen LogP contribution in [0, 0.1) is 0 Å². The molecule has 1 heterocycles. The first-order chi connectivity index (χ1) is 9.11. The molecular formula is C14H18N2O3. The average molecular weight is 262 g/mol. The average Bonchev–Trinajstić information content (AvgIpc) is 2.40. The molecule has 2 rings (SSSR count). The molecule has 0 aliphatic carbocycles. The molecule has 0 atom stereocenters. The Morgan fingerprint density at radius 1 is 1.47 bits per heavy atom. The predicted molar refractivity (Wildman–Crippen MR) is 73.8 cm³/mol. The summed E-state index contributed by atoms with van der Waals surface area (Å²) in [4.78, 5) is 24.6. The first-order valence-electron chi connectivity index (χ1n) is 6.36. The van der Waals surface area contributed by atoms with Gasteiger partial charge in [0.15, 0.2) is 6.61 Å². The zero-order chi connectivity index (χ0) is 13.8. The van der Waals surface area contributed by atoms with Gasteiger partial charge < -0.3 is 19.7 Å². The van der Waals surface area contributed by atoms with Crippen LogP contribution in [0.15, 0.2) is 18.2 Å². The van der Waals surface area contributed by atoms with E-state index in [4.69, 9.17) is 4.74 Å². The molecule has 1 amide bonds. The highest BCUT2D eigenvalue weighted by Crippen LogP contribution is 2.34. The lowest BCUT2D eigenvalue weighted by molar-refractivity contribution is -0.121. The van der Waals surface area contributed by atoms with Crippen LogP contribution in [0.5, 0.6) is 5.75 Å². The number of rotatable bonds is 5. The summed E-state index contributed by atoms with van der Waals surface area (Å²) in [5.74, 6) is 0.788. The summed E-state index contributed by atoms with van der Waals surface area (Å²) in [7, 11) is 1.83. The minimum atomic E-state index is -0.0655. The number of hydrogen-bond acceptors (Lipinski definition) is 4. The molecule has 5 heteroatoms. The van der Waals surface area contributed by atoms with Crippen LogP contribution in [0.3, 0.4) is 0 Å². The highest BCUT2D eigenvalue weighted by atomic mass is 16.5. The second-order valence-corrected chi connectivity index (χ2v) is 4.57. The number of nitrogens with zero attached hydrogens (tertiary/aromatic N) is 1. The van der Waals surface area contributed by atoms with Gasteiger partial charge in [-0.2, -0.15) is 0 Å². The van der Waals surface area contributed by atoms with Crippen LogP contribution >= 0.6 is 0 Å². The van der Waals surface area contributed by atoms with Crippen LogP contribution in [0.4, 0.5) is 11.4 Å². The smallest absolute Gasteiger partial charge is 0.265 e. The normalized spacial score (nSPS) is 13.8. The van der Waals surface area contributed by atoms with Crippen molar-refractivity contribution in [1.82, 2.24) is 0 Å². The third kappa shape index (κ3) is 3.05. The molecule has 0 spiro atoms. The standard InChI is InChI=1S/C14H18N2O3/c1-10(17)4-3-7-16-12-8-11(15-2)5-6-13(12)19-9-14(16)18/h5-6,8,15H,3-4,7,9H2,1-2H3. The van der Waals surface area contributed by atoms with E-state index < -0.39 is 0 Å². The Hall–Kier alpha value is -2.04. The summed E-state index contributed by atoms with van der Waals surface area (Å²) in [6.07, 6.45) is 1.16. The number of nitrogens with one attached hydrogen (secondary N) is 1. The zero-order valence-electron chi connectivity index (χ0n) is 11.2. The van der Waals surface area contributed by atoms with Gasteiger partial charge in [-0.05, 0) is 31.5 Å². The minimum absolute atomic E-state index is 0.0615. The van der Waals surface area contributed by atoms with Crippen molar-refractivity contribution in [2.24, 2.45) is 0 Å². The van der Waals surface area contributed by atoms with E-state index in [1.807, 2.05) is 25.2 Å². The van der Waals surface area contributed by atoms with Gasteiger partial charge in [0.2, 0.25) is 0 Å². The zero-order valence-corrected chi connectivity index (χ0v) is 11.2. The number of Topliss-reactive ketones (excluding diaryl/α,β-unsaturated/α-hetero) is 1. The van der Waals surface area contributed by atoms with Gasteiger partial charge >= 0.3 is 0 Å². The van der Waals surface area contributed by atoms with E-state index in [0.29, 0.717) is 25.1 Å². The lowest BCUT2D eigenvalue weighted by atomic mass is 10.1. The second kappa shape index (κ2) is 5.73. The molecule has 0 unspecified atom stereocenters. The summed E-state index contributed by atoms with van der Waals surface area (Å²) in [5, 5.41) is 3.04. The summed E-state index contributed by atoms with van der Waals surface area (Å²) >= 11 is 0. The molecule has 1 N–H and O–H groups in total. The number of anilines is 2. The minimum Gasteiger partial charge on any atom is -0.482 e. The lowest BCUT2D eigenvalue weighted by Crippen LogP contribution is -2.39. The first-order valence-corrected chi connectivity index (χ1v) is 6.36. The fourth-order valence-corrected chi connectivity index (χ4v) is 2.09. The SMILES string of the molecule is CNc1ccc2c(c1)N(CCCC(C)=O)C(=O)CO2. The number of ether oxygens (including phenoxy) is 1. The van der Waals surface area contributed by atoms with Crippen molar-refractivity contribution >= 4 is 23.1 Å². The molecular weight excluding hydrogens is 244 g/mol. The Labute approximate surface area is 112 Å². The summed E-state index contributed by atoms with van der Waals surface area (Å²) in [6, 6.07) is 5.65. The largest absolute Gasteiger partial charge is 0.482 e. The second-order valence-electron chi connectivity index (χ2n) is 4.57. The van der Waals surface area contributed by atoms with Gasteiger partial charge in [-0.25, -0.2) is 0 Å². The molecule has 0 radical (unpaired) electrons. The van der Waals surface area contributed by atoms with Crippen molar-refractivity contribution in [1.29, 1.82) is 0 Å². The van der Waals surface area contributed by atoms with Gasteiger partial charge in [-0.3, -0.25) is 4.79 Å². The van der Waals surface area contributed by atoms with Crippen LogP contribution in [-0.4, -0.2) is 31.9 Å². The van der Waals surface area contributed by atoms with Crippen molar-refractivity contribution in [2.75, 3.05) is 30.4 Å². The van der Waals surface area contributed by atoms with E-state index in [9.17, 15) is 9.59 Å². The number of benzene rings is 1. The van der Waals surface area contributed by atoms with Crippen molar-refractivity contribution in [3.8, 4) is 5.75 Å². The van der Waals surface area contributed by atoms with E-state index in [0.717, 1.165) is 11.4 Å². The molecule has 1 aromatic rings. The maximum Gasteiger partial charge on any atom is 0.265 e.